The van der Waals surface area contributed by atoms with Crippen molar-refractivity contribution in [2.45, 2.75) is 20.3 Å². The Kier molecular flexibility index (Phi) is 6.37. The van der Waals surface area contributed by atoms with Crippen LogP contribution < -0.4 is 10.1 Å². The van der Waals surface area contributed by atoms with Crippen molar-refractivity contribution >= 4 is 57.2 Å². The molecule has 26 heavy (non-hydrogen) atoms. The van der Waals surface area contributed by atoms with Gasteiger partial charge in [0.1, 0.15) is 5.75 Å². The van der Waals surface area contributed by atoms with Crippen LogP contribution in [0.5, 0.6) is 5.75 Å². The molecule has 3 rings (SSSR count). The zero-order chi connectivity index (χ0) is 18.5. The molecule has 2 aromatic carbocycles. The van der Waals surface area contributed by atoms with Crippen molar-refractivity contribution in [1.82, 2.24) is 5.32 Å². The number of hydrogen-bond donors (Lipinski definition) is 1. The van der Waals surface area contributed by atoms with Crippen LogP contribution in [0.15, 0.2) is 52.4 Å². The predicted octanol–water partition coefficient (Wildman–Crippen LogP) is 5.14. The fourth-order valence-electron chi connectivity index (χ4n) is 2.43. The Morgan fingerprint density at radius 1 is 1.19 bits per heavy atom. The lowest BCUT2D eigenvalue weighted by Crippen LogP contribution is -2.19. The minimum absolute atomic E-state index is 0.122. The lowest BCUT2D eigenvalue weighted by atomic mass is 10.2. The first-order valence-corrected chi connectivity index (χ1v) is 10.3. The van der Waals surface area contributed by atoms with E-state index in [1.165, 1.54) is 17.3 Å². The molecule has 1 aliphatic rings. The van der Waals surface area contributed by atoms with Gasteiger partial charge in [0.25, 0.3) is 5.91 Å². The van der Waals surface area contributed by atoms with Gasteiger partial charge in [-0.05, 0) is 89.2 Å². The van der Waals surface area contributed by atoms with Crippen LogP contribution in [0, 0.1) is 3.57 Å². The van der Waals surface area contributed by atoms with E-state index in [1.807, 2.05) is 43.3 Å². The summed E-state index contributed by atoms with van der Waals surface area (Å²) in [6.45, 7) is 4.71. The maximum absolute atomic E-state index is 12.2. The highest BCUT2D eigenvalue weighted by Crippen LogP contribution is 2.30. The van der Waals surface area contributed by atoms with Crippen molar-refractivity contribution < 1.29 is 9.53 Å². The van der Waals surface area contributed by atoms with E-state index in [0.29, 0.717) is 16.7 Å². The van der Waals surface area contributed by atoms with Gasteiger partial charge in [0.2, 0.25) is 0 Å². The number of hydrogen-bond acceptors (Lipinski definition) is 4. The van der Waals surface area contributed by atoms with Crippen LogP contribution in [0.2, 0.25) is 0 Å². The summed E-state index contributed by atoms with van der Waals surface area (Å²) in [5.74, 6) is 0.736. The van der Waals surface area contributed by atoms with Gasteiger partial charge < -0.3 is 10.1 Å². The summed E-state index contributed by atoms with van der Waals surface area (Å²) in [5.41, 5.74) is 3.06. The molecule has 4 nitrogen and oxygen atoms in total. The zero-order valence-corrected chi connectivity index (χ0v) is 17.6. The van der Waals surface area contributed by atoms with Crippen LogP contribution in [-0.2, 0) is 11.2 Å². The number of benzene rings is 2. The number of rotatable bonds is 5. The molecule has 1 saturated heterocycles. The summed E-state index contributed by atoms with van der Waals surface area (Å²) < 4.78 is 6.57. The van der Waals surface area contributed by atoms with E-state index in [0.717, 1.165) is 27.0 Å². The van der Waals surface area contributed by atoms with E-state index < -0.39 is 0 Å². The van der Waals surface area contributed by atoms with Crippen molar-refractivity contribution in [2.75, 3.05) is 6.61 Å². The summed E-state index contributed by atoms with van der Waals surface area (Å²) in [5, 5.41) is 3.43. The quantitative estimate of drug-likeness (QED) is 0.478. The summed E-state index contributed by atoms with van der Waals surface area (Å²) in [6, 6.07) is 13.9. The molecule has 0 aliphatic carbocycles. The number of amidine groups is 1. The number of ether oxygens (including phenoxy) is 1. The highest BCUT2D eigenvalue weighted by molar-refractivity contribution is 14.1. The summed E-state index contributed by atoms with van der Waals surface area (Å²) in [4.78, 5) is 17.4. The van der Waals surface area contributed by atoms with Crippen LogP contribution in [0.25, 0.3) is 6.08 Å². The Morgan fingerprint density at radius 2 is 1.96 bits per heavy atom. The third-order valence-electron chi connectivity index (χ3n) is 3.78. The normalized spacial score (nSPS) is 17.0. The molecule has 1 N–H and O–H groups in total. The summed E-state index contributed by atoms with van der Waals surface area (Å²) in [7, 11) is 0. The number of aliphatic imine (C=N–C) groups is 1. The monoisotopic (exact) mass is 478 g/mol. The third-order valence-corrected chi connectivity index (χ3v) is 5.53. The molecule has 0 atom stereocenters. The second kappa shape index (κ2) is 8.73. The number of aryl methyl sites for hydroxylation is 1. The van der Waals surface area contributed by atoms with Gasteiger partial charge >= 0.3 is 0 Å². The Labute approximate surface area is 171 Å². The molecular weight excluding hydrogens is 459 g/mol. The topological polar surface area (TPSA) is 50.7 Å². The van der Waals surface area contributed by atoms with E-state index in [1.54, 1.807) is 0 Å². The van der Waals surface area contributed by atoms with E-state index in [2.05, 4.69) is 52.0 Å². The van der Waals surface area contributed by atoms with Crippen LogP contribution in [0.4, 0.5) is 5.69 Å². The van der Waals surface area contributed by atoms with Crippen LogP contribution in [0.3, 0.4) is 0 Å². The number of nitrogens with one attached hydrogen (secondary N) is 1. The summed E-state index contributed by atoms with van der Waals surface area (Å²) >= 11 is 3.60. The van der Waals surface area contributed by atoms with Gasteiger partial charge in [0.15, 0.2) is 5.17 Å². The molecule has 0 saturated carbocycles. The van der Waals surface area contributed by atoms with Crippen molar-refractivity contribution in [2.24, 2.45) is 4.99 Å². The molecule has 0 bridgehead atoms. The van der Waals surface area contributed by atoms with Gasteiger partial charge in [-0.15, -0.1) is 0 Å². The molecule has 0 radical (unpaired) electrons. The SMILES string of the molecule is CCOc1ccc(C=C2SC(=Nc3ccc(CC)cc3)NC2=O)cc1I. The van der Waals surface area contributed by atoms with E-state index in [4.69, 9.17) is 4.74 Å². The van der Waals surface area contributed by atoms with E-state index >= 15 is 0 Å². The van der Waals surface area contributed by atoms with Gasteiger partial charge in [-0.2, -0.15) is 0 Å². The maximum Gasteiger partial charge on any atom is 0.264 e. The Morgan fingerprint density at radius 3 is 2.62 bits per heavy atom. The fourth-order valence-corrected chi connectivity index (χ4v) is 3.97. The van der Waals surface area contributed by atoms with Crippen LogP contribution in [0.1, 0.15) is 25.0 Å². The molecule has 1 amide bonds. The fraction of sp³-hybridized carbons (Fsp3) is 0.200. The molecule has 1 fully saturated rings. The van der Waals surface area contributed by atoms with Gasteiger partial charge in [-0.3, -0.25) is 4.79 Å². The first kappa shape index (κ1) is 19.0. The Bertz CT molecular complexity index is 876. The van der Waals surface area contributed by atoms with Crippen LogP contribution >= 0.6 is 34.4 Å². The molecule has 0 unspecified atom stereocenters. The standard InChI is InChI=1S/C20H19IN2O2S/c1-3-13-5-8-15(9-6-13)22-20-23-19(24)18(26-20)12-14-7-10-17(25-4-2)16(21)11-14/h5-12H,3-4H2,1-2H3,(H,22,23,24). The minimum atomic E-state index is -0.122. The molecule has 6 heteroatoms. The predicted molar refractivity (Wildman–Crippen MR) is 117 cm³/mol. The maximum atomic E-state index is 12.2. The highest BCUT2D eigenvalue weighted by Gasteiger charge is 2.23. The molecule has 1 aliphatic heterocycles. The number of carbonyl (C=O) groups excluding carboxylic acids is 1. The second-order valence-corrected chi connectivity index (χ2v) is 7.82. The molecular formula is C20H19IN2O2S. The third kappa shape index (κ3) is 4.67. The molecule has 2 aromatic rings. The zero-order valence-electron chi connectivity index (χ0n) is 14.6. The minimum Gasteiger partial charge on any atom is -0.493 e. The highest BCUT2D eigenvalue weighted by atomic mass is 127. The lowest BCUT2D eigenvalue weighted by Gasteiger charge is -2.06. The molecule has 0 spiro atoms. The number of nitrogens with zero attached hydrogens (tertiary/aromatic N) is 1. The average Bonchev–Trinajstić information content (AvgIpc) is 2.97. The lowest BCUT2D eigenvalue weighted by molar-refractivity contribution is -0.115. The first-order chi connectivity index (χ1) is 12.6. The summed E-state index contributed by atoms with van der Waals surface area (Å²) in [6.07, 6.45) is 2.87. The van der Waals surface area contributed by atoms with Crippen molar-refractivity contribution in [3.8, 4) is 5.75 Å². The largest absolute Gasteiger partial charge is 0.493 e. The Balaban J connectivity index is 1.77. The Hall–Kier alpha value is -1.80. The first-order valence-electron chi connectivity index (χ1n) is 8.40. The van der Waals surface area contributed by atoms with E-state index in [-0.39, 0.29) is 5.91 Å². The van der Waals surface area contributed by atoms with Crippen LogP contribution in [-0.4, -0.2) is 17.7 Å². The van der Waals surface area contributed by atoms with Gasteiger partial charge in [0.05, 0.1) is 20.8 Å². The second-order valence-electron chi connectivity index (χ2n) is 5.62. The molecule has 134 valence electrons. The number of amides is 1. The van der Waals surface area contributed by atoms with Gasteiger partial charge in [0, 0.05) is 0 Å². The van der Waals surface area contributed by atoms with Crippen molar-refractivity contribution in [3.63, 3.8) is 0 Å². The van der Waals surface area contributed by atoms with E-state index in [9.17, 15) is 4.79 Å². The van der Waals surface area contributed by atoms with Gasteiger partial charge in [-0.25, -0.2) is 4.99 Å². The number of carbonyl (C=O) groups is 1. The van der Waals surface area contributed by atoms with Crippen molar-refractivity contribution in [3.05, 3.63) is 62.1 Å². The average molecular weight is 478 g/mol. The van der Waals surface area contributed by atoms with Crippen molar-refractivity contribution in [1.29, 1.82) is 0 Å². The number of halogens is 1. The van der Waals surface area contributed by atoms with Gasteiger partial charge in [-0.1, -0.05) is 25.1 Å². The number of thioether (sulfide) groups is 1. The smallest absolute Gasteiger partial charge is 0.264 e. The molecule has 1 heterocycles. The molecule has 0 aromatic heterocycles.